The van der Waals surface area contributed by atoms with Gasteiger partial charge in [0.05, 0.1) is 34.5 Å². The largest absolute Gasteiger partial charge is 0.364 e. The Bertz CT molecular complexity index is 1500. The molecule has 4 heterocycles. The molecule has 0 radical (unpaired) electrons. The van der Waals surface area contributed by atoms with Gasteiger partial charge in [0.2, 0.25) is 0 Å². The van der Waals surface area contributed by atoms with Crippen LogP contribution >= 0.6 is 0 Å². The van der Waals surface area contributed by atoms with Crippen molar-refractivity contribution in [3.63, 3.8) is 0 Å². The summed E-state index contributed by atoms with van der Waals surface area (Å²) < 4.78 is 3.24. The molecule has 3 aromatic heterocycles. The van der Waals surface area contributed by atoms with Crippen LogP contribution in [0.1, 0.15) is 45.3 Å². The van der Waals surface area contributed by atoms with E-state index in [2.05, 4.69) is 58.7 Å². The average Bonchev–Trinajstić information content (AvgIpc) is 3.32. The molecule has 1 aliphatic rings. The van der Waals surface area contributed by atoms with Crippen LogP contribution in [0.2, 0.25) is 0 Å². The number of benzene rings is 1. The van der Waals surface area contributed by atoms with Crippen LogP contribution in [0.3, 0.4) is 0 Å². The van der Waals surface area contributed by atoms with Gasteiger partial charge in [0, 0.05) is 56.7 Å². The maximum absolute atomic E-state index is 12.8. The molecule has 0 N–H and O–H groups in total. The first-order chi connectivity index (χ1) is 16.8. The van der Waals surface area contributed by atoms with E-state index in [1.165, 1.54) is 5.56 Å². The van der Waals surface area contributed by atoms with Crippen molar-refractivity contribution in [2.45, 2.75) is 51.9 Å². The van der Waals surface area contributed by atoms with Crippen LogP contribution in [-0.4, -0.2) is 54.4 Å². The number of hydrogen-bond acceptors (Lipinski definition) is 7. The molecular formula is C26H30N8O. The number of hydrogen-bond donors (Lipinski definition) is 0. The van der Waals surface area contributed by atoms with Crippen LogP contribution in [0.5, 0.6) is 0 Å². The molecule has 180 valence electrons. The summed E-state index contributed by atoms with van der Waals surface area (Å²) in [6.07, 6.45) is 5.24. The lowest BCUT2D eigenvalue weighted by molar-refractivity contribution is 0.119. The van der Waals surface area contributed by atoms with E-state index in [9.17, 15) is 10.1 Å². The fraction of sp³-hybridized carbons (Fsp3) is 0.423. The number of fused-ring (bicyclic) bond motifs is 2. The van der Waals surface area contributed by atoms with Crippen molar-refractivity contribution in [2.75, 3.05) is 18.0 Å². The number of rotatable bonds is 4. The summed E-state index contributed by atoms with van der Waals surface area (Å²) in [5.41, 5.74) is 5.26. The van der Waals surface area contributed by atoms with E-state index >= 15 is 0 Å². The van der Waals surface area contributed by atoms with Crippen molar-refractivity contribution in [3.05, 3.63) is 58.8 Å². The van der Waals surface area contributed by atoms with E-state index in [4.69, 9.17) is 5.10 Å². The summed E-state index contributed by atoms with van der Waals surface area (Å²) in [7, 11) is 1.75. The van der Waals surface area contributed by atoms with Crippen molar-refractivity contribution in [1.29, 1.82) is 5.26 Å². The Balaban J connectivity index is 1.46. The van der Waals surface area contributed by atoms with Gasteiger partial charge in [-0.05, 0) is 45.4 Å². The minimum Gasteiger partial charge on any atom is -0.364 e. The third-order valence-electron chi connectivity index (χ3n) is 7.31. The quantitative estimate of drug-likeness (QED) is 0.451. The van der Waals surface area contributed by atoms with Gasteiger partial charge in [-0.1, -0.05) is 6.07 Å². The van der Waals surface area contributed by atoms with Gasteiger partial charge in [-0.25, -0.2) is 0 Å². The Morgan fingerprint density at radius 2 is 1.80 bits per heavy atom. The minimum absolute atomic E-state index is 0.0791. The Morgan fingerprint density at radius 1 is 1.06 bits per heavy atom. The van der Waals surface area contributed by atoms with Gasteiger partial charge in [-0.2, -0.15) is 10.4 Å². The van der Waals surface area contributed by atoms with Crippen LogP contribution in [-0.2, 0) is 7.05 Å². The van der Waals surface area contributed by atoms with Gasteiger partial charge in [0.15, 0.2) is 0 Å². The number of anilines is 1. The zero-order valence-corrected chi connectivity index (χ0v) is 20.8. The third kappa shape index (κ3) is 3.94. The van der Waals surface area contributed by atoms with Crippen LogP contribution < -0.4 is 10.5 Å². The van der Waals surface area contributed by atoms with Crippen LogP contribution in [0.4, 0.5) is 5.69 Å². The Labute approximate surface area is 204 Å². The van der Waals surface area contributed by atoms with Gasteiger partial charge in [0.25, 0.3) is 5.56 Å². The van der Waals surface area contributed by atoms with E-state index < -0.39 is 6.04 Å². The second kappa shape index (κ2) is 8.78. The fourth-order valence-electron chi connectivity index (χ4n) is 5.15. The smallest absolute Gasteiger partial charge is 0.252 e. The lowest BCUT2D eigenvalue weighted by atomic mass is 10.00. The molecule has 9 nitrogen and oxygen atoms in total. The van der Waals surface area contributed by atoms with E-state index in [0.717, 1.165) is 40.8 Å². The van der Waals surface area contributed by atoms with Crippen LogP contribution in [0.25, 0.3) is 22.1 Å². The topological polar surface area (TPSA) is 95.9 Å². The maximum atomic E-state index is 12.8. The van der Waals surface area contributed by atoms with Crippen molar-refractivity contribution < 1.29 is 0 Å². The van der Waals surface area contributed by atoms with Crippen LogP contribution in [0, 0.1) is 11.3 Å². The maximum Gasteiger partial charge on any atom is 0.252 e. The summed E-state index contributed by atoms with van der Waals surface area (Å²) >= 11 is 0. The van der Waals surface area contributed by atoms with Gasteiger partial charge < -0.3 is 9.47 Å². The minimum atomic E-state index is -0.411. The number of nitriles is 1. The lowest BCUT2D eigenvalue weighted by Gasteiger charge is -2.47. The van der Waals surface area contributed by atoms with Crippen LogP contribution in [0.15, 0.2) is 47.7 Å². The molecule has 1 fully saturated rings. The highest BCUT2D eigenvalue weighted by Gasteiger charge is 2.34. The summed E-state index contributed by atoms with van der Waals surface area (Å²) in [5, 5.41) is 14.1. The first kappa shape index (κ1) is 23.0. The lowest BCUT2D eigenvalue weighted by Crippen LogP contribution is -2.57. The number of piperazine rings is 1. The second-order valence-electron chi connectivity index (χ2n) is 9.60. The molecular weight excluding hydrogens is 440 g/mol. The van der Waals surface area contributed by atoms with Crippen molar-refractivity contribution in [2.24, 2.45) is 7.05 Å². The molecule has 0 aliphatic carbocycles. The highest BCUT2D eigenvalue weighted by molar-refractivity contribution is 5.88. The first-order valence-electron chi connectivity index (χ1n) is 12.0. The molecule has 0 saturated carbocycles. The monoisotopic (exact) mass is 470 g/mol. The predicted octanol–water partition coefficient (Wildman–Crippen LogP) is 3.42. The predicted molar refractivity (Wildman–Crippen MR) is 136 cm³/mol. The molecule has 1 saturated heterocycles. The molecule has 0 amide bonds. The molecule has 5 rings (SSSR count). The van der Waals surface area contributed by atoms with E-state index in [1.54, 1.807) is 47.9 Å². The van der Waals surface area contributed by atoms with Crippen molar-refractivity contribution in [1.82, 2.24) is 29.2 Å². The van der Waals surface area contributed by atoms with Crippen molar-refractivity contribution in [3.8, 4) is 6.07 Å². The standard InChI is InChI=1S/C26H30N8O/c1-16(12-27)34-15-24-26(30-34)23(11-25(35)31(24)5)33-14-17(2)32(13-18(33)3)19(4)20-6-7-21-22(10-20)29-9-8-28-21/h6-11,15-19H,13-14H2,1-5H3/t16?,17-,18+,19?/m1/s1. The Kier molecular flexibility index (Phi) is 5.77. The summed E-state index contributed by atoms with van der Waals surface area (Å²) in [5.74, 6) is 0. The van der Waals surface area contributed by atoms with Gasteiger partial charge in [-0.15, -0.1) is 0 Å². The number of aryl methyl sites for hydroxylation is 1. The van der Waals surface area contributed by atoms with E-state index in [1.807, 2.05) is 6.07 Å². The highest BCUT2D eigenvalue weighted by Crippen LogP contribution is 2.33. The number of aromatic nitrogens is 5. The highest BCUT2D eigenvalue weighted by atomic mass is 16.1. The molecule has 0 spiro atoms. The Morgan fingerprint density at radius 3 is 2.54 bits per heavy atom. The zero-order chi connectivity index (χ0) is 24.9. The van der Waals surface area contributed by atoms with E-state index in [-0.39, 0.29) is 23.7 Å². The first-order valence-corrected chi connectivity index (χ1v) is 12.0. The Hall–Kier alpha value is -3.77. The normalized spacial score (nSPS) is 20.7. The fourth-order valence-corrected chi connectivity index (χ4v) is 5.15. The van der Waals surface area contributed by atoms with Gasteiger partial charge in [0.1, 0.15) is 11.6 Å². The molecule has 2 unspecified atom stereocenters. The molecule has 4 atom stereocenters. The molecule has 1 aromatic carbocycles. The zero-order valence-electron chi connectivity index (χ0n) is 20.8. The number of nitrogens with zero attached hydrogens (tertiary/aromatic N) is 8. The summed E-state index contributed by atoms with van der Waals surface area (Å²) in [4.78, 5) is 26.5. The van der Waals surface area contributed by atoms with Gasteiger partial charge >= 0.3 is 0 Å². The SMILES string of the molecule is CC(c1ccc2nccnc2c1)N1C[C@H](C)N(c2cc(=O)n(C)c3cn(C(C)C#N)nc23)C[C@H]1C. The summed E-state index contributed by atoms with van der Waals surface area (Å²) in [6.45, 7) is 10.1. The van der Waals surface area contributed by atoms with Crippen molar-refractivity contribution >= 4 is 27.8 Å². The molecule has 4 aromatic rings. The second-order valence-corrected chi connectivity index (χ2v) is 9.60. The number of pyridine rings is 1. The molecule has 0 bridgehead atoms. The summed E-state index contributed by atoms with van der Waals surface area (Å²) in [6, 6.07) is 10.4. The molecule has 9 heteroatoms. The molecule has 1 aliphatic heterocycles. The average molecular weight is 471 g/mol. The van der Waals surface area contributed by atoms with E-state index in [0.29, 0.717) is 0 Å². The molecule has 35 heavy (non-hydrogen) atoms. The van der Waals surface area contributed by atoms with Gasteiger partial charge in [-0.3, -0.25) is 24.3 Å². The third-order valence-corrected chi connectivity index (χ3v) is 7.31.